The van der Waals surface area contributed by atoms with Crippen LogP contribution in [0.25, 0.3) is 0 Å². The molecule has 106 valence electrons. The summed E-state index contributed by atoms with van der Waals surface area (Å²) in [5.41, 5.74) is 2.48. The van der Waals surface area contributed by atoms with E-state index in [1.165, 1.54) is 11.3 Å². The Kier molecular flexibility index (Phi) is 3.53. The maximum atomic E-state index is 4.73. The lowest BCUT2D eigenvalue weighted by Gasteiger charge is -2.27. The van der Waals surface area contributed by atoms with Crippen molar-refractivity contribution in [2.75, 3.05) is 6.54 Å². The first-order valence-electron chi connectivity index (χ1n) is 7.16. The van der Waals surface area contributed by atoms with Crippen LogP contribution in [0.15, 0.2) is 18.6 Å². The minimum atomic E-state index is 0.380. The summed E-state index contributed by atoms with van der Waals surface area (Å²) in [6.07, 6.45) is 6.88. The van der Waals surface area contributed by atoms with Crippen LogP contribution in [0.2, 0.25) is 0 Å². The number of aromatic nitrogens is 4. The number of hydrogen-bond acceptors (Lipinski definition) is 4. The van der Waals surface area contributed by atoms with E-state index in [4.69, 9.17) is 4.98 Å². The largest absolute Gasteiger partial charge is 0.337 e. The molecule has 1 aliphatic rings. The maximum Gasteiger partial charge on any atom is 0.131 e. The van der Waals surface area contributed by atoms with E-state index in [9.17, 15) is 0 Å². The molecule has 0 spiro atoms. The molecular weight excluding hydrogens is 250 g/mol. The topological polar surface area (TPSA) is 46.8 Å². The molecule has 0 atom stereocenters. The van der Waals surface area contributed by atoms with Crippen LogP contribution in [0.1, 0.15) is 42.7 Å². The van der Waals surface area contributed by atoms with Crippen molar-refractivity contribution in [3.63, 3.8) is 0 Å². The third-order valence-corrected chi connectivity index (χ3v) is 3.85. The highest BCUT2D eigenvalue weighted by molar-refractivity contribution is 5.21. The average molecular weight is 271 g/mol. The van der Waals surface area contributed by atoms with Crippen LogP contribution in [-0.4, -0.2) is 31.0 Å². The first-order chi connectivity index (χ1) is 9.63. The fourth-order valence-corrected chi connectivity index (χ4v) is 2.53. The Hall–Kier alpha value is -1.75. The highest BCUT2D eigenvalue weighted by atomic mass is 15.2. The lowest BCUT2D eigenvalue weighted by molar-refractivity contribution is 0.232. The van der Waals surface area contributed by atoms with Crippen molar-refractivity contribution in [3.05, 3.63) is 41.5 Å². The Morgan fingerprint density at radius 3 is 2.85 bits per heavy atom. The van der Waals surface area contributed by atoms with Gasteiger partial charge in [-0.05, 0) is 12.0 Å². The third kappa shape index (κ3) is 2.58. The fraction of sp³-hybridized carbons (Fsp3) is 0.533. The van der Waals surface area contributed by atoms with Gasteiger partial charge < -0.3 is 4.57 Å². The Balaban J connectivity index is 1.77. The first-order valence-corrected chi connectivity index (χ1v) is 7.16. The van der Waals surface area contributed by atoms with E-state index in [-0.39, 0.29) is 0 Å². The lowest BCUT2D eigenvalue weighted by atomic mass is 10.1. The summed E-state index contributed by atoms with van der Waals surface area (Å²) in [5, 5.41) is 0. The molecule has 0 bridgehead atoms. The molecule has 0 saturated carbocycles. The van der Waals surface area contributed by atoms with Crippen molar-refractivity contribution in [2.45, 2.75) is 39.3 Å². The predicted octanol–water partition coefficient (Wildman–Crippen LogP) is 1.89. The van der Waals surface area contributed by atoms with Crippen molar-refractivity contribution in [3.8, 4) is 0 Å². The molecule has 0 N–H and O–H groups in total. The molecule has 2 aromatic heterocycles. The number of rotatable bonds is 3. The lowest BCUT2D eigenvalue weighted by Crippen LogP contribution is -2.32. The van der Waals surface area contributed by atoms with Crippen LogP contribution in [0.3, 0.4) is 0 Å². The van der Waals surface area contributed by atoms with E-state index in [0.717, 1.165) is 37.7 Å². The van der Waals surface area contributed by atoms with Crippen LogP contribution in [0, 0.1) is 0 Å². The second kappa shape index (κ2) is 5.32. The van der Waals surface area contributed by atoms with Crippen molar-refractivity contribution in [2.24, 2.45) is 7.05 Å². The second-order valence-electron chi connectivity index (χ2n) is 5.77. The molecule has 5 nitrogen and oxygen atoms in total. The number of aryl methyl sites for hydroxylation is 1. The summed E-state index contributed by atoms with van der Waals surface area (Å²) in [6, 6.07) is 0. The van der Waals surface area contributed by atoms with Gasteiger partial charge in [0, 0.05) is 44.6 Å². The van der Waals surface area contributed by atoms with Gasteiger partial charge >= 0.3 is 0 Å². The number of hydrogen-bond donors (Lipinski definition) is 0. The molecule has 2 aromatic rings. The summed E-state index contributed by atoms with van der Waals surface area (Å²) in [5.74, 6) is 2.43. The molecular formula is C15H21N5. The van der Waals surface area contributed by atoms with Gasteiger partial charge in [-0.25, -0.2) is 15.0 Å². The van der Waals surface area contributed by atoms with E-state index in [0.29, 0.717) is 5.92 Å². The summed E-state index contributed by atoms with van der Waals surface area (Å²) in [4.78, 5) is 16.0. The molecule has 0 fully saturated rings. The first kappa shape index (κ1) is 13.2. The van der Waals surface area contributed by atoms with Gasteiger partial charge in [0.15, 0.2) is 0 Å². The SMILES string of the molecule is CC(C)c1ncc2c(n1)CN(Cc1nccn1C)CC2. The van der Waals surface area contributed by atoms with Gasteiger partial charge in [-0.2, -0.15) is 0 Å². The van der Waals surface area contributed by atoms with Gasteiger partial charge in [-0.15, -0.1) is 0 Å². The molecule has 0 amide bonds. The molecule has 3 heterocycles. The summed E-state index contributed by atoms with van der Waals surface area (Å²) < 4.78 is 2.08. The quantitative estimate of drug-likeness (QED) is 0.855. The van der Waals surface area contributed by atoms with E-state index in [2.05, 4.69) is 33.3 Å². The van der Waals surface area contributed by atoms with Crippen molar-refractivity contribution in [1.82, 2.24) is 24.4 Å². The van der Waals surface area contributed by atoms with Gasteiger partial charge in [0.05, 0.1) is 12.2 Å². The predicted molar refractivity (Wildman–Crippen MR) is 77.1 cm³/mol. The molecule has 3 rings (SSSR count). The smallest absolute Gasteiger partial charge is 0.131 e. The third-order valence-electron chi connectivity index (χ3n) is 3.85. The standard InChI is InChI=1S/C15H21N5/c1-11(2)15-17-8-12-4-6-20(9-13(12)18-15)10-14-16-5-7-19(14)3/h5,7-8,11H,4,6,9-10H2,1-3H3. The highest BCUT2D eigenvalue weighted by Crippen LogP contribution is 2.20. The molecule has 20 heavy (non-hydrogen) atoms. The van der Waals surface area contributed by atoms with Crippen LogP contribution in [-0.2, 0) is 26.6 Å². The Morgan fingerprint density at radius 2 is 2.15 bits per heavy atom. The fourth-order valence-electron chi connectivity index (χ4n) is 2.53. The summed E-state index contributed by atoms with van der Waals surface area (Å²) >= 11 is 0. The molecule has 0 radical (unpaired) electrons. The minimum Gasteiger partial charge on any atom is -0.337 e. The minimum absolute atomic E-state index is 0.380. The molecule has 0 unspecified atom stereocenters. The zero-order valence-electron chi connectivity index (χ0n) is 12.4. The van der Waals surface area contributed by atoms with Gasteiger partial charge in [-0.3, -0.25) is 4.90 Å². The van der Waals surface area contributed by atoms with E-state index in [1.54, 1.807) is 0 Å². The molecule has 1 aliphatic heterocycles. The van der Waals surface area contributed by atoms with Crippen molar-refractivity contribution in [1.29, 1.82) is 0 Å². The van der Waals surface area contributed by atoms with E-state index in [1.807, 2.05) is 25.6 Å². The van der Waals surface area contributed by atoms with E-state index < -0.39 is 0 Å². The van der Waals surface area contributed by atoms with Crippen LogP contribution in [0.5, 0.6) is 0 Å². The zero-order valence-corrected chi connectivity index (χ0v) is 12.4. The van der Waals surface area contributed by atoms with Gasteiger partial charge in [0.25, 0.3) is 0 Å². The van der Waals surface area contributed by atoms with Gasteiger partial charge in [0.1, 0.15) is 11.6 Å². The molecule has 0 aliphatic carbocycles. The molecule has 0 aromatic carbocycles. The van der Waals surface area contributed by atoms with Gasteiger partial charge in [-0.1, -0.05) is 13.8 Å². The van der Waals surface area contributed by atoms with Crippen molar-refractivity contribution >= 4 is 0 Å². The molecule has 0 saturated heterocycles. The summed E-state index contributed by atoms with van der Waals surface area (Å²) in [6.45, 7) is 7.09. The zero-order chi connectivity index (χ0) is 14.1. The number of imidazole rings is 1. The van der Waals surface area contributed by atoms with Crippen LogP contribution >= 0.6 is 0 Å². The maximum absolute atomic E-state index is 4.73. The Bertz CT molecular complexity index is 602. The second-order valence-corrected chi connectivity index (χ2v) is 5.77. The monoisotopic (exact) mass is 271 g/mol. The number of nitrogens with zero attached hydrogens (tertiary/aromatic N) is 5. The van der Waals surface area contributed by atoms with Crippen molar-refractivity contribution < 1.29 is 0 Å². The highest BCUT2D eigenvalue weighted by Gasteiger charge is 2.20. The number of fused-ring (bicyclic) bond motifs is 1. The van der Waals surface area contributed by atoms with Crippen LogP contribution in [0.4, 0.5) is 0 Å². The normalized spacial score (nSPS) is 15.6. The average Bonchev–Trinajstić information content (AvgIpc) is 2.83. The van der Waals surface area contributed by atoms with E-state index >= 15 is 0 Å². The summed E-state index contributed by atoms with van der Waals surface area (Å²) in [7, 11) is 2.04. The Morgan fingerprint density at radius 1 is 1.30 bits per heavy atom. The Labute approximate surface area is 119 Å². The molecule has 5 heteroatoms. The van der Waals surface area contributed by atoms with Crippen LogP contribution < -0.4 is 0 Å². The van der Waals surface area contributed by atoms with Gasteiger partial charge in [0.2, 0.25) is 0 Å².